The number of furan rings is 1. The second-order valence-corrected chi connectivity index (χ2v) is 5.28. The van der Waals surface area contributed by atoms with Gasteiger partial charge in [-0.05, 0) is 44.2 Å². The largest absolute Gasteiger partial charge is 0.467 e. The molecule has 21 heavy (non-hydrogen) atoms. The number of aromatic nitrogens is 1. The van der Waals surface area contributed by atoms with Crippen LogP contribution in [0.1, 0.15) is 31.7 Å². The summed E-state index contributed by atoms with van der Waals surface area (Å²) < 4.78 is 5.41. The fourth-order valence-corrected chi connectivity index (χ4v) is 2.27. The third-order valence-corrected chi connectivity index (χ3v) is 3.60. The first-order chi connectivity index (χ1) is 10.2. The summed E-state index contributed by atoms with van der Waals surface area (Å²) >= 11 is 6.23. The summed E-state index contributed by atoms with van der Waals surface area (Å²) in [5.41, 5.74) is 0.889. The Kier molecular flexibility index (Phi) is 6.08. The Morgan fingerprint density at radius 3 is 2.81 bits per heavy atom. The quantitative estimate of drug-likeness (QED) is 0.752. The highest BCUT2D eigenvalue weighted by atomic mass is 35.5. The van der Waals surface area contributed by atoms with Crippen molar-refractivity contribution in [2.45, 2.75) is 33.4 Å². The van der Waals surface area contributed by atoms with Crippen LogP contribution in [-0.4, -0.2) is 18.1 Å². The van der Waals surface area contributed by atoms with Gasteiger partial charge in [-0.1, -0.05) is 18.5 Å². The maximum atomic E-state index is 6.23. The molecule has 5 heteroatoms. The van der Waals surface area contributed by atoms with E-state index in [1.165, 1.54) is 0 Å². The summed E-state index contributed by atoms with van der Waals surface area (Å²) in [5.74, 6) is 1.85. The number of rotatable bonds is 8. The van der Waals surface area contributed by atoms with Crippen molar-refractivity contribution in [2.24, 2.45) is 0 Å². The molecule has 2 heterocycles. The summed E-state index contributed by atoms with van der Waals surface area (Å²) in [4.78, 5) is 6.85. The molecule has 0 aliphatic heterocycles. The van der Waals surface area contributed by atoms with Crippen LogP contribution in [0.15, 0.2) is 34.9 Å². The zero-order valence-electron chi connectivity index (χ0n) is 12.6. The average Bonchev–Trinajstić information content (AvgIpc) is 3.00. The second kappa shape index (κ2) is 8.05. The normalized spacial score (nSPS) is 10.8. The Labute approximate surface area is 131 Å². The van der Waals surface area contributed by atoms with E-state index in [9.17, 15) is 0 Å². The van der Waals surface area contributed by atoms with Crippen LogP contribution in [-0.2, 0) is 13.1 Å². The Bertz CT molecular complexity index is 542. The molecule has 0 saturated heterocycles. The molecule has 0 unspecified atom stereocenters. The Morgan fingerprint density at radius 1 is 1.29 bits per heavy atom. The molecule has 0 aliphatic rings. The molecule has 2 aromatic rings. The van der Waals surface area contributed by atoms with Crippen LogP contribution >= 0.6 is 11.6 Å². The molecule has 1 N–H and O–H groups in total. The number of hydrogen-bond donors (Lipinski definition) is 1. The molecule has 0 amide bonds. The molecule has 4 nitrogen and oxygen atoms in total. The first kappa shape index (κ1) is 15.9. The number of hydrogen-bond acceptors (Lipinski definition) is 4. The first-order valence-corrected chi connectivity index (χ1v) is 7.75. The van der Waals surface area contributed by atoms with Crippen LogP contribution in [0.3, 0.4) is 0 Å². The number of pyridine rings is 1. The van der Waals surface area contributed by atoms with Gasteiger partial charge in [-0.3, -0.25) is 0 Å². The van der Waals surface area contributed by atoms with Gasteiger partial charge >= 0.3 is 0 Å². The van der Waals surface area contributed by atoms with Gasteiger partial charge in [0.25, 0.3) is 0 Å². The summed E-state index contributed by atoms with van der Waals surface area (Å²) in [6, 6.07) is 7.75. The smallest absolute Gasteiger partial charge is 0.129 e. The van der Waals surface area contributed by atoms with Gasteiger partial charge in [0.05, 0.1) is 23.5 Å². The standard InChI is InChI=1S/C16H22ClN3O/c1-3-9-18-11-15-14(17)7-8-16(19-15)20(4-2)12-13-6-5-10-21-13/h5-8,10,18H,3-4,9,11-12H2,1-2H3. The third kappa shape index (κ3) is 4.48. The zero-order chi connectivity index (χ0) is 15.1. The molecule has 0 bridgehead atoms. The lowest BCUT2D eigenvalue weighted by atomic mass is 10.3. The predicted molar refractivity (Wildman–Crippen MR) is 86.7 cm³/mol. The lowest BCUT2D eigenvalue weighted by molar-refractivity contribution is 0.502. The lowest BCUT2D eigenvalue weighted by Crippen LogP contribution is -2.24. The second-order valence-electron chi connectivity index (χ2n) is 4.87. The van der Waals surface area contributed by atoms with Crippen LogP contribution in [0, 0.1) is 0 Å². The summed E-state index contributed by atoms with van der Waals surface area (Å²) in [7, 11) is 0. The van der Waals surface area contributed by atoms with E-state index in [4.69, 9.17) is 16.0 Å². The molecule has 0 fully saturated rings. The van der Waals surface area contributed by atoms with Crippen molar-refractivity contribution >= 4 is 17.4 Å². The fourth-order valence-electron chi connectivity index (χ4n) is 2.10. The van der Waals surface area contributed by atoms with Crippen LogP contribution in [0.25, 0.3) is 0 Å². The highest BCUT2D eigenvalue weighted by Gasteiger charge is 2.11. The maximum Gasteiger partial charge on any atom is 0.129 e. The van der Waals surface area contributed by atoms with Gasteiger partial charge in [-0.15, -0.1) is 0 Å². The minimum atomic E-state index is 0.693. The van der Waals surface area contributed by atoms with E-state index in [1.54, 1.807) is 6.26 Å². The highest BCUT2D eigenvalue weighted by Crippen LogP contribution is 2.21. The SMILES string of the molecule is CCCNCc1nc(N(CC)Cc2ccco2)ccc1Cl. The first-order valence-electron chi connectivity index (χ1n) is 7.38. The average molecular weight is 308 g/mol. The highest BCUT2D eigenvalue weighted by molar-refractivity contribution is 6.31. The van der Waals surface area contributed by atoms with E-state index in [1.807, 2.05) is 24.3 Å². The van der Waals surface area contributed by atoms with Crippen LogP contribution in [0.4, 0.5) is 5.82 Å². The van der Waals surface area contributed by atoms with Gasteiger partial charge in [-0.2, -0.15) is 0 Å². The topological polar surface area (TPSA) is 41.3 Å². The van der Waals surface area contributed by atoms with Crippen LogP contribution in [0.5, 0.6) is 0 Å². The van der Waals surface area contributed by atoms with Gasteiger partial charge in [0.2, 0.25) is 0 Å². The Morgan fingerprint density at radius 2 is 2.14 bits per heavy atom. The van der Waals surface area contributed by atoms with E-state index in [-0.39, 0.29) is 0 Å². The van der Waals surface area contributed by atoms with Crippen molar-refractivity contribution in [3.63, 3.8) is 0 Å². The molecule has 2 rings (SSSR count). The minimum Gasteiger partial charge on any atom is -0.467 e. The maximum absolute atomic E-state index is 6.23. The Hall–Kier alpha value is -1.52. The van der Waals surface area contributed by atoms with E-state index < -0.39 is 0 Å². The summed E-state index contributed by atoms with van der Waals surface area (Å²) in [6.07, 6.45) is 2.79. The fraction of sp³-hybridized carbons (Fsp3) is 0.438. The molecule has 0 saturated carbocycles. The summed E-state index contributed by atoms with van der Waals surface area (Å²) in [5, 5.41) is 4.04. The number of nitrogens with zero attached hydrogens (tertiary/aromatic N) is 2. The monoisotopic (exact) mass is 307 g/mol. The van der Waals surface area contributed by atoms with Crippen molar-refractivity contribution < 1.29 is 4.42 Å². The van der Waals surface area contributed by atoms with E-state index >= 15 is 0 Å². The molecular formula is C16H22ClN3O. The van der Waals surface area contributed by atoms with Crippen molar-refractivity contribution in [3.8, 4) is 0 Å². The summed E-state index contributed by atoms with van der Waals surface area (Å²) in [6.45, 7) is 7.47. The van der Waals surface area contributed by atoms with Crippen molar-refractivity contribution in [1.82, 2.24) is 10.3 Å². The van der Waals surface area contributed by atoms with E-state index in [0.29, 0.717) is 18.1 Å². The molecule has 0 aromatic carbocycles. The van der Waals surface area contributed by atoms with Gasteiger partial charge < -0.3 is 14.6 Å². The number of halogens is 1. The third-order valence-electron chi connectivity index (χ3n) is 3.26. The van der Waals surface area contributed by atoms with E-state index in [2.05, 4.69) is 29.0 Å². The van der Waals surface area contributed by atoms with Gasteiger partial charge in [-0.25, -0.2) is 4.98 Å². The molecule has 0 spiro atoms. The Balaban J connectivity index is 2.11. The molecular weight excluding hydrogens is 286 g/mol. The van der Waals surface area contributed by atoms with Crippen molar-refractivity contribution in [1.29, 1.82) is 0 Å². The number of nitrogens with one attached hydrogen (secondary N) is 1. The van der Waals surface area contributed by atoms with Gasteiger partial charge in [0.15, 0.2) is 0 Å². The molecule has 0 atom stereocenters. The van der Waals surface area contributed by atoms with Crippen molar-refractivity contribution in [2.75, 3.05) is 18.0 Å². The van der Waals surface area contributed by atoms with Crippen molar-refractivity contribution in [3.05, 3.63) is 47.0 Å². The van der Waals surface area contributed by atoms with Crippen LogP contribution < -0.4 is 10.2 Å². The molecule has 0 aliphatic carbocycles. The zero-order valence-corrected chi connectivity index (χ0v) is 13.4. The predicted octanol–water partition coefficient (Wildman–Crippen LogP) is 3.85. The molecule has 0 radical (unpaired) electrons. The minimum absolute atomic E-state index is 0.693. The van der Waals surface area contributed by atoms with E-state index in [0.717, 1.165) is 36.8 Å². The van der Waals surface area contributed by atoms with Gasteiger partial charge in [0, 0.05) is 13.1 Å². The lowest BCUT2D eigenvalue weighted by Gasteiger charge is -2.21. The molecule has 2 aromatic heterocycles. The number of anilines is 1. The van der Waals surface area contributed by atoms with Crippen LogP contribution in [0.2, 0.25) is 5.02 Å². The van der Waals surface area contributed by atoms with Gasteiger partial charge in [0.1, 0.15) is 11.6 Å². The molecule has 114 valence electrons.